The summed E-state index contributed by atoms with van der Waals surface area (Å²) in [6.45, 7) is 0. The van der Waals surface area contributed by atoms with Crippen LogP contribution in [0, 0.1) is 0 Å². The Balaban J connectivity index is -0.0000000291. The molecule has 41 heteroatoms. The lowest BCUT2D eigenvalue weighted by Crippen LogP contribution is -2.07. The van der Waals surface area contributed by atoms with Gasteiger partial charge in [-0.25, -0.2) is 0 Å². The summed E-state index contributed by atoms with van der Waals surface area (Å²) < 4.78 is 0. The van der Waals surface area contributed by atoms with Crippen molar-refractivity contribution in [2.24, 2.45) is 0 Å². The van der Waals surface area contributed by atoms with Gasteiger partial charge in [-0.3, -0.25) is 0 Å². The van der Waals surface area contributed by atoms with Crippen LogP contribution >= 0.6 is 0 Å². The normalized spacial score (nSPS) is 6.70. The van der Waals surface area contributed by atoms with Crippen LogP contribution < -0.4 is 5.32 Å². The Hall–Kier alpha value is -0.591. The first-order valence-electron chi connectivity index (χ1n) is 8.75. The van der Waals surface area contributed by atoms with Gasteiger partial charge in [-0.15, -0.1) is 0 Å². The van der Waals surface area contributed by atoms with Crippen LogP contribution in [0.25, 0.3) is 0 Å². The van der Waals surface area contributed by atoms with Crippen LogP contribution in [0.4, 0.5) is 0 Å². The zero-order chi connectivity index (χ0) is 38.5. The van der Waals surface area contributed by atoms with Gasteiger partial charge in [-0.1, -0.05) is 0 Å². The maximum Gasteiger partial charge on any atom is 0.631 e. The van der Waals surface area contributed by atoms with Gasteiger partial charge in [-0.2, -0.15) is 0 Å². The first-order chi connectivity index (χ1) is 18.7. The van der Waals surface area contributed by atoms with Crippen molar-refractivity contribution < 1.29 is 151 Å². The van der Waals surface area contributed by atoms with Gasteiger partial charge in [0.1, 0.15) is 0 Å². The molecule has 0 aromatic carbocycles. The predicted octanol–water partition coefficient (Wildman–Crippen LogP) is -20.7. The highest BCUT2D eigenvalue weighted by Crippen LogP contribution is 1.43. The highest BCUT2D eigenvalue weighted by Gasteiger charge is 1.95. The third kappa shape index (κ3) is 184000. The molecule has 0 saturated carbocycles. The minimum Gasteiger partial charge on any atom is -0.402 e. The Kier molecular flexibility index (Phi) is 125. The highest BCUT2D eigenvalue weighted by atomic mass is 16.6. The Morgan fingerprint density at radius 1 is 0.186 bits per heavy atom. The largest absolute Gasteiger partial charge is 0.631 e. The Morgan fingerprint density at radius 3 is 0.186 bits per heavy atom. The van der Waals surface area contributed by atoms with Gasteiger partial charge >= 0.3 is 73.2 Å². The number of hydrogen-bond donors (Lipinski definition) is 31. The number of nitrogens with one attached hydrogen (secondary N) is 1. The van der Waals surface area contributed by atoms with Crippen molar-refractivity contribution in [2.75, 3.05) is 14.1 Å². The summed E-state index contributed by atoms with van der Waals surface area (Å²) in [5.74, 6) is 0. The van der Waals surface area contributed by atoms with Gasteiger partial charge in [0, 0.05) is 0 Å². The SMILES string of the molecule is CNC.OB(O)O.OB(O)O.OB(O)O.OB(O)O.OB(O)O.OB(O)O.OB(O)O.OB(O)O.OB(O)O.OB(O)O. The molecular formula is C2H37B10NO30. The van der Waals surface area contributed by atoms with Crippen LogP contribution in [0.15, 0.2) is 0 Å². The molecule has 31 nitrogen and oxygen atoms in total. The Bertz CT molecular complexity index is 211. The maximum absolute atomic E-state index is 7.17. The van der Waals surface area contributed by atoms with Crippen LogP contribution in [0.5, 0.6) is 0 Å². The summed E-state index contributed by atoms with van der Waals surface area (Å²) in [7, 11) is -17.9. The fourth-order valence-electron chi connectivity index (χ4n) is 0. The lowest BCUT2D eigenvalue weighted by atomic mass is 10.3. The maximum atomic E-state index is 7.17. The molecular weight excluding hydrogens is 626 g/mol. The van der Waals surface area contributed by atoms with Gasteiger partial charge < -0.3 is 156 Å². The van der Waals surface area contributed by atoms with E-state index in [1.807, 2.05) is 14.1 Å². The van der Waals surface area contributed by atoms with Gasteiger partial charge in [-0.05, 0) is 14.1 Å². The number of rotatable bonds is 0. The monoisotopic (exact) mass is 665 g/mol. The summed E-state index contributed by atoms with van der Waals surface area (Å²) in [6.07, 6.45) is 0. The van der Waals surface area contributed by atoms with E-state index in [0.29, 0.717) is 0 Å². The molecule has 0 spiro atoms. The molecule has 0 saturated heterocycles. The van der Waals surface area contributed by atoms with E-state index >= 15 is 0 Å². The molecule has 0 heterocycles. The lowest BCUT2D eigenvalue weighted by Gasteiger charge is -1.69. The molecule has 0 unspecified atom stereocenters. The van der Waals surface area contributed by atoms with Gasteiger partial charge in [0.05, 0.1) is 0 Å². The summed E-state index contributed by atoms with van der Waals surface area (Å²) in [6, 6.07) is 0. The van der Waals surface area contributed by atoms with Crippen LogP contribution in [0.1, 0.15) is 0 Å². The minimum absolute atomic E-state index is 1.88. The number of hydrogen-bond acceptors (Lipinski definition) is 31. The molecule has 0 aliphatic carbocycles. The van der Waals surface area contributed by atoms with E-state index in [2.05, 4.69) is 5.32 Å². The molecule has 0 fully saturated rings. The zero-order valence-corrected chi connectivity index (χ0v) is 21.7. The van der Waals surface area contributed by atoms with E-state index < -0.39 is 73.2 Å². The minimum atomic E-state index is -2.17. The van der Waals surface area contributed by atoms with Crippen molar-refractivity contribution in [3.8, 4) is 0 Å². The fourth-order valence-corrected chi connectivity index (χ4v) is 0. The van der Waals surface area contributed by atoms with Crippen LogP contribution in [0.2, 0.25) is 0 Å². The molecule has 0 aliphatic heterocycles. The second kappa shape index (κ2) is 73.1. The van der Waals surface area contributed by atoms with Crippen LogP contribution in [-0.4, -0.2) is 238 Å². The van der Waals surface area contributed by atoms with Crippen molar-refractivity contribution in [1.82, 2.24) is 5.32 Å². The summed E-state index contributed by atoms with van der Waals surface area (Å²) in [5, 5.41) is 218. The van der Waals surface area contributed by atoms with E-state index in [1.54, 1.807) is 0 Å². The average Bonchev–Trinajstić information content (AvgIpc) is 2.56. The molecule has 0 radical (unpaired) electrons. The second-order valence-electron chi connectivity index (χ2n) is 3.96. The van der Waals surface area contributed by atoms with E-state index in [1.165, 1.54) is 0 Å². The molecule has 0 aromatic heterocycles. The van der Waals surface area contributed by atoms with E-state index in [9.17, 15) is 0 Å². The molecule has 0 aromatic rings. The van der Waals surface area contributed by atoms with Crippen molar-refractivity contribution >= 4 is 73.2 Å². The smallest absolute Gasteiger partial charge is 0.402 e. The molecule has 0 atom stereocenters. The molecule has 0 rings (SSSR count). The van der Waals surface area contributed by atoms with Gasteiger partial charge in [0.2, 0.25) is 0 Å². The van der Waals surface area contributed by atoms with Crippen molar-refractivity contribution in [1.29, 1.82) is 0 Å². The topological polar surface area (TPSA) is 619 Å². The Morgan fingerprint density at radius 2 is 0.186 bits per heavy atom. The van der Waals surface area contributed by atoms with Crippen molar-refractivity contribution in [3.05, 3.63) is 0 Å². The van der Waals surface area contributed by atoms with Crippen molar-refractivity contribution in [2.45, 2.75) is 0 Å². The second-order valence-corrected chi connectivity index (χ2v) is 3.96. The Labute approximate surface area is 244 Å². The standard InChI is InChI=1S/C2H7N.10BH3O3/c1-3-2;10*2-1(3)4/h3H,1-2H3;10*2-4H. The summed E-state index contributed by atoms with van der Waals surface area (Å²) in [4.78, 5) is 0. The first-order valence-corrected chi connectivity index (χ1v) is 8.75. The van der Waals surface area contributed by atoms with Crippen molar-refractivity contribution in [3.63, 3.8) is 0 Å². The van der Waals surface area contributed by atoms with Crippen LogP contribution in [0.3, 0.4) is 0 Å². The third-order valence-electron chi connectivity index (χ3n) is 0. The van der Waals surface area contributed by atoms with Gasteiger partial charge in [0.15, 0.2) is 0 Å². The zero-order valence-electron chi connectivity index (χ0n) is 21.7. The van der Waals surface area contributed by atoms with E-state index in [4.69, 9.17) is 151 Å². The molecule has 0 amide bonds. The highest BCUT2D eigenvalue weighted by molar-refractivity contribution is 6.32. The summed E-state index contributed by atoms with van der Waals surface area (Å²) >= 11 is 0. The molecule has 0 aliphatic rings. The van der Waals surface area contributed by atoms with E-state index in [0.717, 1.165) is 0 Å². The quantitative estimate of drug-likeness (QED) is 0.107. The molecule has 31 N–H and O–H groups in total. The average molecular weight is 663 g/mol. The van der Waals surface area contributed by atoms with Gasteiger partial charge in [0.25, 0.3) is 0 Å². The molecule has 0 bridgehead atoms. The fraction of sp³-hybridized carbons (Fsp3) is 1.00. The van der Waals surface area contributed by atoms with E-state index in [-0.39, 0.29) is 0 Å². The molecule has 43 heavy (non-hydrogen) atoms. The lowest BCUT2D eigenvalue weighted by molar-refractivity contribution is 0.276. The third-order valence-corrected chi connectivity index (χ3v) is 0. The summed E-state index contributed by atoms with van der Waals surface area (Å²) in [5.41, 5.74) is 0. The predicted molar refractivity (Wildman–Crippen MR) is 139 cm³/mol. The van der Waals surface area contributed by atoms with Crippen LogP contribution in [-0.2, 0) is 0 Å². The first kappa shape index (κ1) is 73.7. The molecule has 260 valence electrons.